The minimum atomic E-state index is -0.133. The molecule has 3 heterocycles. The van der Waals surface area contributed by atoms with Crippen LogP contribution in [0.25, 0.3) is 22.0 Å². The molecule has 1 aliphatic rings. The maximum absolute atomic E-state index is 13.2. The zero-order valence-electron chi connectivity index (χ0n) is 18.6. The number of hydrogen-bond donors (Lipinski definition) is 1. The molecule has 0 bridgehead atoms. The Kier molecular flexibility index (Phi) is 5.72. The van der Waals surface area contributed by atoms with Gasteiger partial charge in [0.15, 0.2) is 5.13 Å². The zero-order valence-corrected chi connectivity index (χ0v) is 19.4. The number of benzene rings is 2. The number of hydrogen-bond acceptors (Lipinski definition) is 5. The second kappa shape index (κ2) is 8.83. The van der Waals surface area contributed by atoms with Crippen LogP contribution in [0.1, 0.15) is 34.7 Å². The Morgan fingerprint density at radius 3 is 2.61 bits per heavy atom. The van der Waals surface area contributed by atoms with Crippen molar-refractivity contribution < 1.29 is 14.0 Å². The molecule has 0 unspecified atom stereocenters. The molecule has 0 radical (unpaired) electrons. The second-order valence-corrected chi connectivity index (χ2v) is 9.31. The van der Waals surface area contributed by atoms with E-state index >= 15 is 0 Å². The van der Waals surface area contributed by atoms with Crippen molar-refractivity contribution in [3.63, 3.8) is 0 Å². The Morgan fingerprint density at radius 1 is 1.09 bits per heavy atom. The number of carbonyl (C=O) groups excluding carboxylic acids is 2. The predicted molar refractivity (Wildman–Crippen MR) is 130 cm³/mol. The molecular weight excluding hydrogens is 434 g/mol. The number of anilines is 1. The first-order valence-electron chi connectivity index (χ1n) is 11.1. The Hall–Kier alpha value is -3.45. The molecule has 1 fully saturated rings. The summed E-state index contributed by atoms with van der Waals surface area (Å²) in [5.41, 5.74) is 2.47. The molecule has 0 aliphatic carbocycles. The smallest absolute Gasteiger partial charge is 0.254 e. The number of carbonyl (C=O) groups is 2. The number of fused-ring (bicyclic) bond motifs is 1. The standard InChI is InChI=1S/C26H25N3O3S/c1-16-14-22(17(2)32-16)23-15-33-26(27-23)28-24(30)19-10-12-29(13-11-19)25(31)21-9-5-7-18-6-3-4-8-20(18)21/h3-9,14-15,19H,10-13H2,1-2H3,(H,27,28,30). The van der Waals surface area contributed by atoms with Crippen molar-refractivity contribution in [1.82, 2.24) is 9.88 Å². The fraction of sp³-hybridized carbons (Fsp3) is 0.269. The second-order valence-electron chi connectivity index (χ2n) is 8.45. The summed E-state index contributed by atoms with van der Waals surface area (Å²) in [6.07, 6.45) is 1.28. The van der Waals surface area contributed by atoms with Crippen molar-refractivity contribution in [2.45, 2.75) is 26.7 Å². The van der Waals surface area contributed by atoms with Gasteiger partial charge in [-0.3, -0.25) is 9.59 Å². The van der Waals surface area contributed by atoms with Crippen molar-refractivity contribution >= 4 is 39.1 Å². The van der Waals surface area contributed by atoms with Crippen LogP contribution in [0.15, 0.2) is 58.3 Å². The molecule has 33 heavy (non-hydrogen) atoms. The lowest BCUT2D eigenvalue weighted by Crippen LogP contribution is -2.41. The van der Waals surface area contributed by atoms with E-state index in [0.717, 1.165) is 39.1 Å². The molecule has 0 atom stereocenters. The molecule has 1 saturated heterocycles. The molecular formula is C26H25N3O3S. The molecule has 168 valence electrons. The van der Waals surface area contributed by atoms with E-state index in [9.17, 15) is 9.59 Å². The summed E-state index contributed by atoms with van der Waals surface area (Å²) in [5.74, 6) is 1.52. The third-order valence-electron chi connectivity index (χ3n) is 6.22. The maximum Gasteiger partial charge on any atom is 0.254 e. The summed E-state index contributed by atoms with van der Waals surface area (Å²) in [4.78, 5) is 32.4. The fourth-order valence-electron chi connectivity index (χ4n) is 4.47. The lowest BCUT2D eigenvalue weighted by atomic mass is 9.95. The van der Waals surface area contributed by atoms with E-state index in [1.165, 1.54) is 11.3 Å². The van der Waals surface area contributed by atoms with E-state index in [1.54, 1.807) is 0 Å². The molecule has 2 aromatic carbocycles. The van der Waals surface area contributed by atoms with Crippen LogP contribution in [-0.4, -0.2) is 34.8 Å². The van der Waals surface area contributed by atoms with Crippen LogP contribution in [-0.2, 0) is 4.79 Å². The van der Waals surface area contributed by atoms with E-state index < -0.39 is 0 Å². The molecule has 1 aliphatic heterocycles. The monoisotopic (exact) mass is 459 g/mol. The van der Waals surface area contributed by atoms with E-state index in [0.29, 0.717) is 31.1 Å². The maximum atomic E-state index is 13.2. The Bertz CT molecular complexity index is 1330. The number of thiazole rings is 1. The van der Waals surface area contributed by atoms with Crippen LogP contribution in [0, 0.1) is 19.8 Å². The van der Waals surface area contributed by atoms with E-state index in [1.807, 2.05) is 72.7 Å². The summed E-state index contributed by atoms with van der Waals surface area (Å²) in [6.45, 7) is 4.95. The number of aromatic nitrogens is 1. The summed E-state index contributed by atoms with van der Waals surface area (Å²) in [5, 5.41) is 7.50. The highest BCUT2D eigenvalue weighted by Gasteiger charge is 2.29. The van der Waals surface area contributed by atoms with Crippen LogP contribution in [0.2, 0.25) is 0 Å². The molecule has 2 aromatic heterocycles. The van der Waals surface area contributed by atoms with Gasteiger partial charge in [-0.2, -0.15) is 0 Å². The highest BCUT2D eigenvalue weighted by molar-refractivity contribution is 7.14. The largest absolute Gasteiger partial charge is 0.466 e. The zero-order chi connectivity index (χ0) is 22.9. The summed E-state index contributed by atoms with van der Waals surface area (Å²) < 4.78 is 5.58. The Labute approximate surface area is 196 Å². The molecule has 1 N–H and O–H groups in total. The number of rotatable bonds is 4. The van der Waals surface area contributed by atoms with Crippen LogP contribution >= 0.6 is 11.3 Å². The SMILES string of the molecule is Cc1cc(-c2csc(NC(=O)C3CCN(C(=O)c4cccc5ccccc45)CC3)n2)c(C)o1. The lowest BCUT2D eigenvalue weighted by molar-refractivity contribution is -0.121. The average molecular weight is 460 g/mol. The van der Waals surface area contributed by atoms with Gasteiger partial charge in [-0.25, -0.2) is 4.98 Å². The van der Waals surface area contributed by atoms with Crippen LogP contribution in [0.5, 0.6) is 0 Å². The number of furan rings is 1. The van der Waals surface area contributed by atoms with Crippen molar-refractivity contribution in [1.29, 1.82) is 0 Å². The first-order chi connectivity index (χ1) is 16.0. The quantitative estimate of drug-likeness (QED) is 0.427. The number of nitrogens with zero attached hydrogens (tertiary/aromatic N) is 2. The van der Waals surface area contributed by atoms with Gasteiger partial charge < -0.3 is 14.6 Å². The minimum absolute atomic E-state index is 0.0287. The molecule has 2 amide bonds. The van der Waals surface area contributed by atoms with Crippen molar-refractivity contribution in [3.8, 4) is 11.3 Å². The van der Waals surface area contributed by atoms with Crippen molar-refractivity contribution in [2.75, 3.05) is 18.4 Å². The normalized spacial score (nSPS) is 14.5. The topological polar surface area (TPSA) is 75.4 Å². The predicted octanol–water partition coefficient (Wildman–Crippen LogP) is 5.66. The minimum Gasteiger partial charge on any atom is -0.466 e. The first kappa shape index (κ1) is 21.4. The number of amides is 2. The van der Waals surface area contributed by atoms with Gasteiger partial charge in [0, 0.05) is 35.5 Å². The molecule has 7 heteroatoms. The first-order valence-corrected chi connectivity index (χ1v) is 12.0. The molecule has 0 spiro atoms. The van der Waals surface area contributed by atoms with E-state index in [-0.39, 0.29) is 17.7 Å². The highest BCUT2D eigenvalue weighted by Crippen LogP contribution is 2.30. The highest BCUT2D eigenvalue weighted by atomic mass is 32.1. The van der Waals surface area contributed by atoms with Crippen molar-refractivity contribution in [2.24, 2.45) is 5.92 Å². The number of aryl methyl sites for hydroxylation is 2. The van der Waals surface area contributed by atoms with Gasteiger partial charge in [0.05, 0.1) is 5.69 Å². The number of piperidine rings is 1. The van der Waals surface area contributed by atoms with Gasteiger partial charge >= 0.3 is 0 Å². The van der Waals surface area contributed by atoms with Crippen molar-refractivity contribution in [3.05, 3.63) is 71.0 Å². The van der Waals surface area contributed by atoms with E-state index in [4.69, 9.17) is 4.42 Å². The van der Waals surface area contributed by atoms with Gasteiger partial charge in [-0.15, -0.1) is 11.3 Å². The third-order valence-corrected chi connectivity index (χ3v) is 6.98. The summed E-state index contributed by atoms with van der Waals surface area (Å²) >= 11 is 1.41. The Balaban J connectivity index is 1.21. The van der Waals surface area contributed by atoms with Gasteiger partial charge in [0.2, 0.25) is 5.91 Å². The Morgan fingerprint density at radius 2 is 1.85 bits per heavy atom. The summed E-state index contributed by atoms with van der Waals surface area (Å²) in [6, 6.07) is 15.7. The fourth-order valence-corrected chi connectivity index (χ4v) is 5.19. The third kappa shape index (κ3) is 4.28. The van der Waals surface area contributed by atoms with Gasteiger partial charge in [0.25, 0.3) is 5.91 Å². The number of likely N-dealkylation sites (tertiary alicyclic amines) is 1. The lowest BCUT2D eigenvalue weighted by Gasteiger charge is -2.31. The van der Waals surface area contributed by atoms with Crippen LogP contribution < -0.4 is 5.32 Å². The molecule has 4 aromatic rings. The van der Waals surface area contributed by atoms with Crippen LogP contribution in [0.3, 0.4) is 0 Å². The van der Waals surface area contributed by atoms with Gasteiger partial charge in [0.1, 0.15) is 11.5 Å². The van der Waals surface area contributed by atoms with Gasteiger partial charge in [-0.05, 0) is 49.6 Å². The molecule has 5 rings (SSSR count). The van der Waals surface area contributed by atoms with E-state index in [2.05, 4.69) is 10.3 Å². The molecule has 6 nitrogen and oxygen atoms in total. The number of nitrogens with one attached hydrogen (secondary N) is 1. The van der Waals surface area contributed by atoms with Crippen LogP contribution in [0.4, 0.5) is 5.13 Å². The van der Waals surface area contributed by atoms with Gasteiger partial charge in [-0.1, -0.05) is 36.4 Å². The summed E-state index contributed by atoms with van der Waals surface area (Å²) in [7, 11) is 0. The average Bonchev–Trinajstić information content (AvgIpc) is 3.43. The molecule has 0 saturated carbocycles.